The summed E-state index contributed by atoms with van der Waals surface area (Å²) in [5, 5.41) is 0. The monoisotopic (exact) mass is 456 g/mol. The summed E-state index contributed by atoms with van der Waals surface area (Å²) in [6.45, 7) is 0. The van der Waals surface area contributed by atoms with Gasteiger partial charge in [0.1, 0.15) is 0 Å². The minimum Gasteiger partial charge on any atom is -0.894 e. The van der Waals surface area contributed by atoms with E-state index in [4.69, 9.17) is 57.5 Å². The first-order valence-electron chi connectivity index (χ1n) is 2.45. The van der Waals surface area contributed by atoms with Gasteiger partial charge in [0.25, 0.3) is 0 Å². The fourth-order valence-electron chi connectivity index (χ4n) is 0. The van der Waals surface area contributed by atoms with Crippen LogP contribution >= 0.6 is 0 Å². The quantitative estimate of drug-likeness (QED) is 0.307. The van der Waals surface area contributed by atoms with Crippen LogP contribution < -0.4 is 57.5 Å². The molecule has 0 fully saturated rings. The van der Waals surface area contributed by atoms with E-state index in [0.717, 1.165) is 0 Å². The zero-order valence-electron chi connectivity index (χ0n) is 8.71. The van der Waals surface area contributed by atoms with Gasteiger partial charge in [-0.3, -0.25) is 0 Å². The summed E-state index contributed by atoms with van der Waals surface area (Å²) >= 11 is 0. The van der Waals surface area contributed by atoms with Crippen molar-refractivity contribution < 1.29 is 161 Å². The van der Waals surface area contributed by atoms with Crippen LogP contribution in [0.15, 0.2) is 0 Å². The van der Waals surface area contributed by atoms with Gasteiger partial charge in [-0.2, -0.15) is 0 Å². The molecule has 0 saturated heterocycles. The van der Waals surface area contributed by atoms with Crippen LogP contribution in [0.4, 0.5) is 0 Å². The van der Waals surface area contributed by atoms with Gasteiger partial charge in [-0.15, -0.1) is 0 Å². The Bertz CT molecular complexity index is 100.0. The van der Waals surface area contributed by atoms with Gasteiger partial charge in [0, 0.05) is 0 Å². The maximum absolute atomic E-state index is 8.58. The van der Waals surface area contributed by atoms with Gasteiger partial charge in [0.15, 0.2) is 0 Å². The van der Waals surface area contributed by atoms with Gasteiger partial charge in [-0.25, -0.2) is 0 Å². The molecule has 19 heteroatoms. The minimum atomic E-state index is -5.61. The van der Waals surface area contributed by atoms with Crippen molar-refractivity contribution >= 4 is 27.1 Å². The van der Waals surface area contributed by atoms with E-state index in [-0.39, 0.29) is 103 Å². The van der Waals surface area contributed by atoms with Gasteiger partial charge in [-0.05, 0) is 0 Å². The minimum absolute atomic E-state index is 0. The predicted molar refractivity (Wildman–Crippen MR) is 17.3 cm³/mol. The summed E-state index contributed by atoms with van der Waals surface area (Å²) in [6.07, 6.45) is 0. The van der Waals surface area contributed by atoms with Crippen LogP contribution in [-0.4, -0.2) is 27.1 Å². The Morgan fingerprint density at radius 3 is 0.263 bits per heavy atom. The summed E-state index contributed by atoms with van der Waals surface area (Å²) in [5.74, 6) is 0. The molecule has 0 aromatic carbocycles. The van der Waals surface area contributed by atoms with Gasteiger partial charge < -0.3 is 84.7 Å². The van der Waals surface area contributed by atoms with Crippen molar-refractivity contribution in [2.75, 3.05) is 0 Å². The molecule has 0 spiro atoms. The molecule has 0 aliphatic heterocycles. The Balaban J connectivity index is -0.0000000206. The van der Waals surface area contributed by atoms with E-state index in [2.05, 4.69) is 0 Å². The number of rotatable bonds is 0. The molecule has 0 N–H and O–H groups in total. The largest absolute Gasteiger partial charge is 3.00 e. The third kappa shape index (κ3) is 627. The molecule has 0 aliphatic rings. The third-order valence-electron chi connectivity index (χ3n) is 0. The van der Waals surface area contributed by atoms with E-state index >= 15 is 0 Å². The summed E-state index contributed by atoms with van der Waals surface area (Å²) in [7, 11) is -16.8. The fourth-order valence-corrected chi connectivity index (χ4v) is 0. The predicted octanol–water partition coefficient (Wildman–Crippen LogP) is -15.4. The van der Waals surface area contributed by atoms with Crippen LogP contribution in [0.25, 0.3) is 0 Å². The molecule has 19 heavy (non-hydrogen) atoms. The standard InChI is InChI=1S/3O4Si.4Sc/c3*1-5(2,3)4;;;;/q3*-4;4*+3. The molecule has 0 heterocycles. The molecule has 0 amide bonds. The van der Waals surface area contributed by atoms with E-state index in [0.29, 0.717) is 0 Å². The second-order valence-corrected chi connectivity index (χ2v) is 4.50. The van der Waals surface area contributed by atoms with Crippen molar-refractivity contribution in [2.24, 2.45) is 0 Å². The van der Waals surface area contributed by atoms with Crippen LogP contribution in [0.3, 0.4) is 0 Å². The zero-order chi connectivity index (χ0) is 13.5. The van der Waals surface area contributed by atoms with E-state index in [1.165, 1.54) is 0 Å². The molecule has 0 atom stereocenters. The first-order valence-corrected chi connectivity index (χ1v) is 7.35. The molecule has 12 nitrogen and oxygen atoms in total. The molecule has 0 saturated carbocycles. The van der Waals surface area contributed by atoms with Crippen molar-refractivity contribution in [1.82, 2.24) is 0 Å². The smallest absolute Gasteiger partial charge is 0.894 e. The van der Waals surface area contributed by atoms with E-state index < -0.39 is 27.1 Å². The summed E-state index contributed by atoms with van der Waals surface area (Å²) in [6, 6.07) is 0. The van der Waals surface area contributed by atoms with E-state index in [1.807, 2.05) is 0 Å². The van der Waals surface area contributed by atoms with Crippen molar-refractivity contribution in [1.29, 1.82) is 0 Å². The van der Waals surface area contributed by atoms with Gasteiger partial charge in [-0.1, -0.05) is 0 Å². The number of hydrogen-bond acceptors (Lipinski definition) is 12. The van der Waals surface area contributed by atoms with Crippen molar-refractivity contribution in [3.8, 4) is 0 Å². The van der Waals surface area contributed by atoms with E-state index in [9.17, 15) is 0 Å². The maximum atomic E-state index is 8.58. The molecular weight excluding hydrogens is 456 g/mol. The fraction of sp³-hybridized carbons (Fsp3) is 0. The first-order chi connectivity index (χ1) is 6.00. The maximum Gasteiger partial charge on any atom is 3.00 e. The molecule has 0 radical (unpaired) electrons. The van der Waals surface area contributed by atoms with Gasteiger partial charge >= 0.3 is 103 Å². The summed E-state index contributed by atoms with van der Waals surface area (Å²) in [4.78, 5) is 103. The van der Waals surface area contributed by atoms with Gasteiger partial charge in [0.2, 0.25) is 0 Å². The van der Waals surface area contributed by atoms with Gasteiger partial charge in [0.05, 0.1) is 0 Å². The molecule has 0 aliphatic carbocycles. The molecule has 96 valence electrons. The average molecular weight is 456 g/mol. The normalized spacial score (nSPS) is 9.47. The summed E-state index contributed by atoms with van der Waals surface area (Å²) < 4.78 is 0. The topological polar surface area (TPSA) is 277 Å². The Kier molecular flexibility index (Phi) is 44.9. The van der Waals surface area contributed by atoms with Crippen molar-refractivity contribution in [3.05, 3.63) is 0 Å². The van der Waals surface area contributed by atoms with Crippen LogP contribution in [0.2, 0.25) is 0 Å². The first kappa shape index (κ1) is 43.3. The van der Waals surface area contributed by atoms with Crippen molar-refractivity contribution in [3.63, 3.8) is 0 Å². The molecular formula is O12Sc4Si3. The third-order valence-corrected chi connectivity index (χ3v) is 0. The van der Waals surface area contributed by atoms with Crippen LogP contribution in [0.5, 0.6) is 0 Å². The van der Waals surface area contributed by atoms with Crippen LogP contribution in [-0.2, 0) is 103 Å². The molecule has 0 rings (SSSR count). The van der Waals surface area contributed by atoms with Crippen LogP contribution in [0.1, 0.15) is 0 Å². The second-order valence-electron chi connectivity index (χ2n) is 1.50. The zero-order valence-corrected chi connectivity index (χ0v) is 18.9. The van der Waals surface area contributed by atoms with Crippen molar-refractivity contribution in [2.45, 2.75) is 0 Å². The summed E-state index contributed by atoms with van der Waals surface area (Å²) in [5.41, 5.74) is 0. The van der Waals surface area contributed by atoms with E-state index in [1.54, 1.807) is 0 Å². The Morgan fingerprint density at radius 1 is 0.263 bits per heavy atom. The van der Waals surface area contributed by atoms with Crippen LogP contribution in [0, 0.1) is 0 Å². The Hall–Kier alpha value is 3.65. The number of hydrogen-bond donors (Lipinski definition) is 0. The molecule has 0 aromatic rings. The average Bonchev–Trinajstić information content (AvgIpc) is 1.41. The Labute approximate surface area is 185 Å². The molecule has 0 bridgehead atoms. The molecule has 0 unspecified atom stereocenters. The molecule has 0 aromatic heterocycles. The second kappa shape index (κ2) is 19.7. The SMILES string of the molecule is [O-][Si]([O-])([O-])[O-].[O-][Si]([O-])([O-])[O-].[O-][Si]([O-])([O-])[O-].[Sc+3].[Sc+3].[Sc+3].[Sc+3]. The Morgan fingerprint density at radius 2 is 0.263 bits per heavy atom.